The fourth-order valence-corrected chi connectivity index (χ4v) is 3.02. The summed E-state index contributed by atoms with van der Waals surface area (Å²) >= 11 is 6.35. The Morgan fingerprint density at radius 1 is 1.00 bits per heavy atom. The van der Waals surface area contributed by atoms with E-state index in [0.717, 1.165) is 22.9 Å². The van der Waals surface area contributed by atoms with Gasteiger partial charge in [-0.05, 0) is 17.7 Å². The predicted octanol–water partition coefficient (Wildman–Crippen LogP) is 3.58. The highest BCUT2D eigenvalue weighted by Gasteiger charge is 2.21. The van der Waals surface area contributed by atoms with E-state index in [4.69, 9.17) is 11.6 Å². The van der Waals surface area contributed by atoms with E-state index in [1.807, 2.05) is 41.2 Å². The van der Waals surface area contributed by atoms with Crippen molar-refractivity contribution < 1.29 is 0 Å². The van der Waals surface area contributed by atoms with Gasteiger partial charge in [0.25, 0.3) is 0 Å². The van der Waals surface area contributed by atoms with Crippen molar-refractivity contribution in [1.29, 1.82) is 0 Å². The molecule has 0 amide bonds. The van der Waals surface area contributed by atoms with Crippen molar-refractivity contribution >= 4 is 17.3 Å². The maximum absolute atomic E-state index is 6.35. The summed E-state index contributed by atoms with van der Waals surface area (Å²) in [4.78, 5) is 2.21. The Balaban J connectivity index is 1.87. The molecule has 1 aliphatic heterocycles. The maximum atomic E-state index is 6.35. The molecule has 0 saturated heterocycles. The molecule has 0 unspecified atom stereocenters. The molecule has 4 nitrogen and oxygen atoms in total. The molecule has 0 spiro atoms. The minimum Gasteiger partial charge on any atom is -0.346 e. The average Bonchev–Trinajstić information content (AvgIpc) is 2.90. The molecule has 0 saturated carbocycles. The number of aromatic nitrogens is 3. The summed E-state index contributed by atoms with van der Waals surface area (Å²) in [6.45, 7) is 1.43. The van der Waals surface area contributed by atoms with E-state index in [1.165, 1.54) is 11.1 Å². The molecule has 1 aliphatic rings. The van der Waals surface area contributed by atoms with Gasteiger partial charge in [0.2, 0.25) is 0 Å². The van der Waals surface area contributed by atoms with Gasteiger partial charge in [0.05, 0.1) is 22.6 Å². The fourth-order valence-electron chi connectivity index (χ4n) is 2.77. The van der Waals surface area contributed by atoms with Crippen molar-refractivity contribution in [1.82, 2.24) is 15.0 Å². The molecule has 4 rings (SSSR count). The summed E-state index contributed by atoms with van der Waals surface area (Å²) in [5, 5.41) is 9.00. The molecule has 0 aliphatic carbocycles. The van der Waals surface area contributed by atoms with Crippen LogP contribution in [-0.2, 0) is 13.2 Å². The van der Waals surface area contributed by atoms with E-state index in [1.54, 1.807) is 0 Å². The number of anilines is 1. The van der Waals surface area contributed by atoms with Crippen molar-refractivity contribution in [3.05, 3.63) is 65.3 Å². The van der Waals surface area contributed by atoms with Crippen LogP contribution in [0, 0.1) is 0 Å². The van der Waals surface area contributed by atoms with Crippen molar-refractivity contribution in [2.24, 2.45) is 0 Å². The minimum absolute atomic E-state index is 0.633. The van der Waals surface area contributed by atoms with Crippen LogP contribution in [0.15, 0.2) is 54.7 Å². The zero-order valence-corrected chi connectivity index (χ0v) is 12.0. The van der Waals surface area contributed by atoms with Crippen LogP contribution in [0.4, 0.5) is 5.69 Å². The van der Waals surface area contributed by atoms with Crippen molar-refractivity contribution in [3.63, 3.8) is 0 Å². The van der Waals surface area contributed by atoms with Gasteiger partial charge in [-0.15, -0.1) is 5.10 Å². The fraction of sp³-hybridized carbons (Fsp3) is 0.125. The first-order valence-corrected chi connectivity index (χ1v) is 7.17. The zero-order chi connectivity index (χ0) is 14.2. The van der Waals surface area contributed by atoms with Gasteiger partial charge in [0.15, 0.2) is 0 Å². The molecule has 1 aromatic heterocycles. The monoisotopic (exact) mass is 296 g/mol. The summed E-state index contributed by atoms with van der Waals surface area (Å²) in [5.74, 6) is 0. The number of halogens is 1. The number of rotatable bonds is 1. The van der Waals surface area contributed by atoms with E-state index < -0.39 is 0 Å². The van der Waals surface area contributed by atoms with Crippen LogP contribution in [-0.4, -0.2) is 15.0 Å². The molecule has 3 aromatic rings. The molecule has 0 radical (unpaired) electrons. The smallest absolute Gasteiger partial charge is 0.114 e. The number of hydrogen-bond donors (Lipinski definition) is 0. The van der Waals surface area contributed by atoms with Gasteiger partial charge in [-0.25, -0.2) is 4.68 Å². The third kappa shape index (κ3) is 2.08. The lowest BCUT2D eigenvalue weighted by Crippen LogP contribution is -2.25. The molecule has 2 aromatic carbocycles. The van der Waals surface area contributed by atoms with Crippen molar-refractivity contribution in [3.8, 4) is 11.3 Å². The van der Waals surface area contributed by atoms with Crippen LogP contribution in [0.3, 0.4) is 0 Å². The average molecular weight is 297 g/mol. The van der Waals surface area contributed by atoms with Gasteiger partial charge < -0.3 is 4.90 Å². The first kappa shape index (κ1) is 12.4. The lowest BCUT2D eigenvalue weighted by molar-refractivity contribution is 0.569. The van der Waals surface area contributed by atoms with Gasteiger partial charge in [0.1, 0.15) is 6.67 Å². The SMILES string of the molecule is Clc1ccccc1N1Cc2ccccc2-c2cnnn2C1. The predicted molar refractivity (Wildman–Crippen MR) is 83.1 cm³/mol. The summed E-state index contributed by atoms with van der Waals surface area (Å²) < 4.78 is 1.91. The summed E-state index contributed by atoms with van der Waals surface area (Å²) in [6.07, 6.45) is 1.81. The second-order valence-electron chi connectivity index (χ2n) is 5.07. The molecule has 0 fully saturated rings. The first-order chi connectivity index (χ1) is 10.3. The van der Waals surface area contributed by atoms with Gasteiger partial charge in [-0.2, -0.15) is 0 Å². The van der Waals surface area contributed by atoms with Gasteiger partial charge in [0, 0.05) is 12.1 Å². The quantitative estimate of drug-likeness (QED) is 0.688. The zero-order valence-electron chi connectivity index (χ0n) is 11.3. The standard InChI is InChI=1S/C16H13ClN4/c17-14-7-3-4-8-15(14)20-10-12-5-1-2-6-13(12)16-9-18-19-21(16)11-20/h1-9H,10-11H2. The molecule has 0 N–H and O–H groups in total. The summed E-state index contributed by atoms with van der Waals surface area (Å²) in [5.41, 5.74) is 4.48. The lowest BCUT2D eigenvalue weighted by atomic mass is 10.1. The molecule has 0 bridgehead atoms. The van der Waals surface area contributed by atoms with E-state index in [-0.39, 0.29) is 0 Å². The third-order valence-corrected chi connectivity index (χ3v) is 4.09. The highest BCUT2D eigenvalue weighted by molar-refractivity contribution is 6.33. The van der Waals surface area contributed by atoms with Crippen LogP contribution in [0.5, 0.6) is 0 Å². The van der Waals surface area contributed by atoms with Crippen LogP contribution >= 0.6 is 11.6 Å². The molecule has 21 heavy (non-hydrogen) atoms. The Bertz CT molecular complexity index is 796. The van der Waals surface area contributed by atoms with Gasteiger partial charge in [-0.3, -0.25) is 0 Å². The van der Waals surface area contributed by atoms with Crippen LogP contribution in [0.1, 0.15) is 5.56 Å². The number of benzene rings is 2. The highest BCUT2D eigenvalue weighted by Crippen LogP contribution is 2.33. The topological polar surface area (TPSA) is 34.0 Å². The van der Waals surface area contributed by atoms with Crippen LogP contribution < -0.4 is 4.90 Å². The highest BCUT2D eigenvalue weighted by atomic mass is 35.5. The van der Waals surface area contributed by atoms with Crippen molar-refractivity contribution in [2.75, 3.05) is 4.90 Å². The molecule has 0 atom stereocenters. The van der Waals surface area contributed by atoms with Gasteiger partial charge >= 0.3 is 0 Å². The first-order valence-electron chi connectivity index (χ1n) is 6.79. The second-order valence-corrected chi connectivity index (χ2v) is 5.47. The van der Waals surface area contributed by atoms with Crippen molar-refractivity contribution in [2.45, 2.75) is 13.2 Å². The van der Waals surface area contributed by atoms with E-state index in [0.29, 0.717) is 6.67 Å². The Kier molecular flexibility index (Phi) is 2.89. The number of nitrogens with zero attached hydrogens (tertiary/aromatic N) is 4. The third-order valence-electron chi connectivity index (χ3n) is 3.77. The molecule has 2 heterocycles. The normalized spacial score (nSPS) is 13.5. The molecular weight excluding hydrogens is 284 g/mol. The largest absolute Gasteiger partial charge is 0.346 e. The Labute approximate surface area is 127 Å². The van der Waals surface area contributed by atoms with Crippen LogP contribution in [0.2, 0.25) is 5.02 Å². The number of fused-ring (bicyclic) bond motifs is 3. The van der Waals surface area contributed by atoms with E-state index in [9.17, 15) is 0 Å². The number of para-hydroxylation sites is 1. The second kappa shape index (κ2) is 4.90. The molecular formula is C16H13ClN4. The minimum atomic E-state index is 0.633. The van der Waals surface area contributed by atoms with Crippen LogP contribution in [0.25, 0.3) is 11.3 Å². The van der Waals surface area contributed by atoms with E-state index in [2.05, 4.69) is 33.4 Å². The number of hydrogen-bond acceptors (Lipinski definition) is 3. The molecule has 104 valence electrons. The van der Waals surface area contributed by atoms with E-state index >= 15 is 0 Å². The Morgan fingerprint density at radius 2 is 1.81 bits per heavy atom. The molecule has 5 heteroatoms. The lowest BCUT2D eigenvalue weighted by Gasteiger charge is -2.24. The maximum Gasteiger partial charge on any atom is 0.114 e. The van der Waals surface area contributed by atoms with Gasteiger partial charge in [-0.1, -0.05) is 53.2 Å². The summed E-state index contributed by atoms with van der Waals surface area (Å²) in [6, 6.07) is 16.2. The Morgan fingerprint density at radius 3 is 2.71 bits per heavy atom. The Hall–Kier alpha value is -2.33. The summed E-state index contributed by atoms with van der Waals surface area (Å²) in [7, 11) is 0.